The van der Waals surface area contributed by atoms with Crippen LogP contribution < -0.4 is 9.47 Å². The molecule has 3 aromatic rings. The number of methoxy groups -OCH3 is 1. The lowest BCUT2D eigenvalue weighted by Crippen LogP contribution is -2.41. The summed E-state index contributed by atoms with van der Waals surface area (Å²) in [7, 11) is 1.43. The van der Waals surface area contributed by atoms with Crippen LogP contribution in [0.3, 0.4) is 0 Å². The van der Waals surface area contributed by atoms with E-state index in [2.05, 4.69) is 0 Å². The molecule has 0 bridgehead atoms. The Balaban J connectivity index is 1.86. The molecule has 172 valence electrons. The Kier molecular flexibility index (Phi) is 7.62. The molecule has 0 aliphatic carbocycles. The number of rotatable bonds is 11. The Labute approximate surface area is 182 Å². The van der Waals surface area contributed by atoms with Gasteiger partial charge in [0.1, 0.15) is 18.8 Å². The summed E-state index contributed by atoms with van der Waals surface area (Å²) in [6, 6.07) is 11.3. The molecule has 1 heterocycles. The molecule has 0 radical (unpaired) electrons. The summed E-state index contributed by atoms with van der Waals surface area (Å²) in [6.45, 7) is -1.80. The van der Waals surface area contributed by atoms with E-state index in [-0.39, 0.29) is 11.4 Å². The van der Waals surface area contributed by atoms with Crippen LogP contribution in [-0.2, 0) is 4.74 Å². The molecule has 11 heteroatoms. The summed E-state index contributed by atoms with van der Waals surface area (Å²) in [5, 5.41) is 49.3. The fourth-order valence-electron chi connectivity index (χ4n) is 3.19. The number of aliphatic hydroxyl groups is 4. The third kappa shape index (κ3) is 4.98. The van der Waals surface area contributed by atoms with Crippen molar-refractivity contribution in [1.82, 2.24) is 4.57 Å². The van der Waals surface area contributed by atoms with Crippen molar-refractivity contribution in [2.45, 2.75) is 18.5 Å². The van der Waals surface area contributed by atoms with Crippen molar-refractivity contribution >= 4 is 16.6 Å². The van der Waals surface area contributed by atoms with Gasteiger partial charge in [0.15, 0.2) is 11.5 Å². The second-order valence-corrected chi connectivity index (χ2v) is 6.86. The van der Waals surface area contributed by atoms with Gasteiger partial charge in [0.25, 0.3) is 5.69 Å². The minimum absolute atomic E-state index is 0.000811. The van der Waals surface area contributed by atoms with Gasteiger partial charge in [-0.2, -0.15) is 0 Å². The highest BCUT2D eigenvalue weighted by Crippen LogP contribution is 2.33. The van der Waals surface area contributed by atoms with Crippen LogP contribution in [-0.4, -0.2) is 75.3 Å². The monoisotopic (exact) mass is 448 g/mol. The van der Waals surface area contributed by atoms with Crippen molar-refractivity contribution in [2.75, 3.05) is 26.9 Å². The van der Waals surface area contributed by atoms with Crippen molar-refractivity contribution in [3.05, 3.63) is 58.8 Å². The van der Waals surface area contributed by atoms with E-state index in [9.17, 15) is 25.4 Å². The Morgan fingerprint density at radius 2 is 1.81 bits per heavy atom. The first-order chi connectivity index (χ1) is 15.4. The van der Waals surface area contributed by atoms with Gasteiger partial charge < -0.3 is 39.2 Å². The first-order valence-corrected chi connectivity index (χ1v) is 9.68. The molecule has 4 N–H and O–H groups in total. The summed E-state index contributed by atoms with van der Waals surface area (Å²) in [5.41, 5.74) is 1.45. The number of aromatic nitrogens is 1. The summed E-state index contributed by atoms with van der Waals surface area (Å²) in [4.78, 5) is 10.5. The minimum atomic E-state index is -1.35. The van der Waals surface area contributed by atoms with E-state index >= 15 is 0 Å². The largest absolute Gasteiger partial charge is 0.493 e. The molecular weight excluding hydrogens is 424 g/mol. The van der Waals surface area contributed by atoms with Crippen molar-refractivity contribution in [2.24, 2.45) is 0 Å². The molecule has 2 aromatic carbocycles. The standard InChI is InChI=1S/C21H24N2O9/c1-30-19-9-14(22-7-6-13-8-15(23(28)29)2-4-16(13)22)3-5-18(19)31-21(12-26)32-20(11-25)17(27)10-24/h2-9,17,20-21,24-27H,10-12H2,1H3/t17-,20?,21-/m0/s1. The molecule has 0 fully saturated rings. The zero-order chi connectivity index (χ0) is 23.3. The van der Waals surface area contributed by atoms with Crippen LogP contribution >= 0.6 is 0 Å². The molecule has 11 nitrogen and oxygen atoms in total. The van der Waals surface area contributed by atoms with Gasteiger partial charge >= 0.3 is 0 Å². The molecule has 32 heavy (non-hydrogen) atoms. The summed E-state index contributed by atoms with van der Waals surface area (Å²) in [5.74, 6) is 0.550. The fourth-order valence-corrected chi connectivity index (χ4v) is 3.19. The van der Waals surface area contributed by atoms with Gasteiger partial charge in [-0.1, -0.05) is 0 Å². The van der Waals surface area contributed by atoms with E-state index in [1.165, 1.54) is 19.2 Å². The number of benzene rings is 2. The normalized spacial score (nSPS) is 14.2. The Bertz CT molecular complexity index is 1070. The molecule has 3 rings (SSSR count). The fraction of sp³-hybridized carbons (Fsp3) is 0.333. The number of aliphatic hydroxyl groups excluding tert-OH is 4. The summed E-state index contributed by atoms with van der Waals surface area (Å²) in [6.07, 6.45) is -1.97. The van der Waals surface area contributed by atoms with Gasteiger partial charge in [0.2, 0.25) is 6.29 Å². The lowest BCUT2D eigenvalue weighted by Gasteiger charge is -2.26. The Morgan fingerprint density at radius 3 is 2.44 bits per heavy atom. The van der Waals surface area contributed by atoms with E-state index in [4.69, 9.17) is 19.3 Å². The van der Waals surface area contributed by atoms with Gasteiger partial charge in [-0.05, 0) is 24.3 Å². The summed E-state index contributed by atoms with van der Waals surface area (Å²) < 4.78 is 18.2. The van der Waals surface area contributed by atoms with Crippen LogP contribution in [0.25, 0.3) is 16.6 Å². The van der Waals surface area contributed by atoms with Crippen molar-refractivity contribution in [1.29, 1.82) is 0 Å². The number of nitro groups is 1. The van der Waals surface area contributed by atoms with Gasteiger partial charge in [-0.25, -0.2) is 0 Å². The van der Waals surface area contributed by atoms with E-state index in [1.54, 1.807) is 36.5 Å². The van der Waals surface area contributed by atoms with Gasteiger partial charge in [-0.15, -0.1) is 0 Å². The van der Waals surface area contributed by atoms with E-state index in [0.29, 0.717) is 16.8 Å². The zero-order valence-corrected chi connectivity index (χ0v) is 17.2. The van der Waals surface area contributed by atoms with Crippen LogP contribution in [0, 0.1) is 10.1 Å². The number of fused-ring (bicyclic) bond motifs is 1. The Hall–Kier alpha value is -3.22. The number of nitrogens with zero attached hydrogens (tertiary/aromatic N) is 2. The highest BCUT2D eigenvalue weighted by Gasteiger charge is 2.24. The SMILES string of the molecule is COc1cc(-n2ccc3cc([N+](=O)[O-])ccc32)ccc1O[C@H](CO)OC(CO)[C@@H](O)CO. The molecule has 1 aromatic heterocycles. The first kappa shape index (κ1) is 23.4. The predicted octanol–water partition coefficient (Wildman–Crippen LogP) is 0.975. The molecule has 0 aliphatic rings. The number of hydrogen-bond donors (Lipinski definition) is 4. The van der Waals surface area contributed by atoms with Crippen LogP contribution in [0.1, 0.15) is 0 Å². The third-order valence-electron chi connectivity index (χ3n) is 4.84. The second-order valence-electron chi connectivity index (χ2n) is 6.86. The average molecular weight is 448 g/mol. The maximum absolute atomic E-state index is 11.0. The van der Waals surface area contributed by atoms with Crippen LogP contribution in [0.15, 0.2) is 48.7 Å². The maximum Gasteiger partial charge on any atom is 0.270 e. The second kappa shape index (κ2) is 10.4. The highest BCUT2D eigenvalue weighted by atomic mass is 16.7. The van der Waals surface area contributed by atoms with Crippen molar-refractivity contribution < 1.29 is 39.6 Å². The van der Waals surface area contributed by atoms with Crippen molar-refractivity contribution in [3.63, 3.8) is 0 Å². The lowest BCUT2D eigenvalue weighted by molar-refractivity contribution is -0.384. The molecule has 0 spiro atoms. The molecule has 0 saturated carbocycles. The molecule has 0 aliphatic heterocycles. The Morgan fingerprint density at radius 1 is 1.03 bits per heavy atom. The molecular formula is C21H24N2O9. The predicted molar refractivity (Wildman–Crippen MR) is 113 cm³/mol. The lowest BCUT2D eigenvalue weighted by atomic mass is 10.2. The molecule has 1 unspecified atom stereocenters. The summed E-state index contributed by atoms with van der Waals surface area (Å²) >= 11 is 0. The number of ether oxygens (including phenoxy) is 3. The minimum Gasteiger partial charge on any atom is -0.493 e. The van der Waals surface area contributed by atoms with Crippen LogP contribution in [0.5, 0.6) is 11.5 Å². The molecule has 0 amide bonds. The third-order valence-corrected chi connectivity index (χ3v) is 4.84. The first-order valence-electron chi connectivity index (χ1n) is 9.68. The average Bonchev–Trinajstić information content (AvgIpc) is 3.24. The van der Waals surface area contributed by atoms with E-state index in [0.717, 1.165) is 5.52 Å². The van der Waals surface area contributed by atoms with Crippen LogP contribution in [0.4, 0.5) is 5.69 Å². The smallest absolute Gasteiger partial charge is 0.270 e. The van der Waals surface area contributed by atoms with Crippen molar-refractivity contribution in [3.8, 4) is 17.2 Å². The van der Waals surface area contributed by atoms with E-state index in [1.807, 2.05) is 4.57 Å². The quantitative estimate of drug-likeness (QED) is 0.191. The highest BCUT2D eigenvalue weighted by molar-refractivity contribution is 5.84. The van der Waals surface area contributed by atoms with Gasteiger partial charge in [-0.3, -0.25) is 10.1 Å². The topological polar surface area (TPSA) is 157 Å². The number of hydrogen-bond acceptors (Lipinski definition) is 9. The maximum atomic E-state index is 11.0. The number of nitro benzene ring substituents is 1. The zero-order valence-electron chi connectivity index (χ0n) is 17.2. The molecule has 3 atom stereocenters. The van der Waals surface area contributed by atoms with Gasteiger partial charge in [0, 0.05) is 35.5 Å². The molecule has 0 saturated heterocycles. The van der Waals surface area contributed by atoms with E-state index < -0.39 is 43.2 Å². The number of non-ortho nitro benzene ring substituents is 1. The van der Waals surface area contributed by atoms with Crippen LogP contribution in [0.2, 0.25) is 0 Å². The van der Waals surface area contributed by atoms with Gasteiger partial charge in [0.05, 0.1) is 30.8 Å².